The van der Waals surface area contributed by atoms with Crippen LogP contribution < -0.4 is 9.47 Å². The first-order chi connectivity index (χ1) is 12.9. The quantitative estimate of drug-likeness (QED) is 0.527. The Hall–Kier alpha value is -3.08. The second-order valence-corrected chi connectivity index (χ2v) is 6.35. The van der Waals surface area contributed by atoms with E-state index in [1.807, 2.05) is 13.0 Å². The number of rotatable bonds is 9. The molecule has 2 aromatic rings. The van der Waals surface area contributed by atoms with Crippen LogP contribution >= 0.6 is 0 Å². The maximum Gasteiger partial charge on any atom is 0.339 e. The number of ketones is 1. The lowest BCUT2D eigenvalue weighted by atomic mass is 9.93. The summed E-state index contributed by atoms with van der Waals surface area (Å²) in [6.45, 7) is 5.79. The van der Waals surface area contributed by atoms with Crippen LogP contribution in [0, 0.1) is 0 Å². The molecule has 142 valence electrons. The Labute approximate surface area is 159 Å². The fourth-order valence-corrected chi connectivity index (χ4v) is 2.98. The number of benzene rings is 2. The van der Waals surface area contributed by atoms with Crippen LogP contribution in [0.25, 0.3) is 0 Å². The van der Waals surface area contributed by atoms with Crippen LogP contribution in [-0.4, -0.2) is 31.1 Å². The van der Waals surface area contributed by atoms with E-state index in [0.717, 1.165) is 5.57 Å². The lowest BCUT2D eigenvalue weighted by Crippen LogP contribution is -2.13. The molecule has 0 fully saturated rings. The van der Waals surface area contributed by atoms with E-state index in [-0.39, 0.29) is 23.5 Å². The number of ether oxygens (including phenoxy) is 2. The van der Waals surface area contributed by atoms with Crippen molar-refractivity contribution in [3.8, 4) is 11.5 Å². The minimum Gasteiger partial charge on any atom is -0.496 e. The average molecular weight is 368 g/mol. The van der Waals surface area contributed by atoms with Gasteiger partial charge in [-0.25, -0.2) is 4.79 Å². The Morgan fingerprint density at radius 2 is 1.78 bits per heavy atom. The number of carbonyl (C=O) groups excluding carboxylic acids is 1. The van der Waals surface area contributed by atoms with Gasteiger partial charge in [-0.3, -0.25) is 4.79 Å². The summed E-state index contributed by atoms with van der Waals surface area (Å²) >= 11 is 0. The highest BCUT2D eigenvalue weighted by Crippen LogP contribution is 2.37. The fourth-order valence-electron chi connectivity index (χ4n) is 2.98. The third kappa shape index (κ3) is 4.76. The number of carboxylic acid groups (broad SMARTS) is 1. The molecule has 2 aromatic carbocycles. The largest absolute Gasteiger partial charge is 0.496 e. The smallest absolute Gasteiger partial charge is 0.339 e. The summed E-state index contributed by atoms with van der Waals surface area (Å²) in [5.74, 6) is -0.563. The summed E-state index contributed by atoms with van der Waals surface area (Å²) < 4.78 is 10.9. The van der Waals surface area contributed by atoms with Gasteiger partial charge < -0.3 is 14.6 Å². The zero-order valence-electron chi connectivity index (χ0n) is 15.9. The summed E-state index contributed by atoms with van der Waals surface area (Å²) in [5.41, 5.74) is 2.53. The van der Waals surface area contributed by atoms with E-state index in [1.165, 1.54) is 14.2 Å². The van der Waals surface area contributed by atoms with E-state index in [2.05, 4.69) is 6.58 Å². The topological polar surface area (TPSA) is 72.8 Å². The van der Waals surface area contributed by atoms with Crippen molar-refractivity contribution in [2.45, 2.75) is 26.2 Å². The Bertz CT molecular complexity index is 853. The molecule has 0 spiro atoms. The van der Waals surface area contributed by atoms with E-state index in [4.69, 9.17) is 9.47 Å². The first kappa shape index (κ1) is 20.2. The normalized spacial score (nSPS) is 10.3. The van der Waals surface area contributed by atoms with Crippen molar-refractivity contribution in [2.24, 2.45) is 0 Å². The number of allylic oxidation sites excluding steroid dienone is 1. The number of carbonyl (C=O) groups is 2. The van der Waals surface area contributed by atoms with Crippen LogP contribution in [0.15, 0.2) is 48.6 Å². The Kier molecular flexibility index (Phi) is 6.77. The highest BCUT2D eigenvalue weighted by atomic mass is 16.5. The Morgan fingerprint density at radius 3 is 2.30 bits per heavy atom. The minimum atomic E-state index is -1.14. The van der Waals surface area contributed by atoms with Gasteiger partial charge in [0.15, 0.2) is 5.78 Å². The van der Waals surface area contributed by atoms with Gasteiger partial charge >= 0.3 is 5.97 Å². The third-order valence-corrected chi connectivity index (χ3v) is 4.31. The molecule has 0 amide bonds. The maximum atomic E-state index is 12.6. The van der Waals surface area contributed by atoms with Gasteiger partial charge in [0.1, 0.15) is 17.1 Å². The van der Waals surface area contributed by atoms with Gasteiger partial charge in [-0.1, -0.05) is 35.9 Å². The molecule has 2 rings (SSSR count). The predicted octanol–water partition coefficient (Wildman–Crippen LogP) is 4.34. The van der Waals surface area contributed by atoms with Crippen LogP contribution in [0.3, 0.4) is 0 Å². The first-order valence-corrected chi connectivity index (χ1v) is 8.61. The van der Waals surface area contributed by atoms with Gasteiger partial charge in [-0.2, -0.15) is 0 Å². The predicted molar refractivity (Wildman–Crippen MR) is 104 cm³/mol. The SMILES string of the molecule is C=C(C)CCc1c(OC)cc(CC(=O)c2ccccc2)c(C(=O)O)c1OC. The van der Waals surface area contributed by atoms with Gasteiger partial charge in [0.25, 0.3) is 0 Å². The molecule has 0 saturated heterocycles. The number of methoxy groups -OCH3 is 2. The second-order valence-electron chi connectivity index (χ2n) is 6.35. The number of hydrogen-bond acceptors (Lipinski definition) is 4. The molecular formula is C22H24O5. The Balaban J connectivity index is 2.54. The van der Waals surface area contributed by atoms with Crippen LogP contribution in [-0.2, 0) is 12.8 Å². The van der Waals surface area contributed by atoms with E-state index < -0.39 is 5.97 Å². The molecule has 0 heterocycles. The van der Waals surface area contributed by atoms with Gasteiger partial charge in [0, 0.05) is 17.5 Å². The molecule has 0 atom stereocenters. The summed E-state index contributed by atoms with van der Waals surface area (Å²) in [6, 6.07) is 10.4. The van der Waals surface area contributed by atoms with E-state index in [1.54, 1.807) is 30.3 Å². The van der Waals surface area contributed by atoms with E-state index in [0.29, 0.717) is 35.3 Å². The molecule has 0 saturated carbocycles. The highest BCUT2D eigenvalue weighted by Gasteiger charge is 2.25. The third-order valence-electron chi connectivity index (χ3n) is 4.31. The van der Waals surface area contributed by atoms with E-state index >= 15 is 0 Å². The number of Topliss-reactive ketones (excluding diaryl/α,β-unsaturated/α-hetero) is 1. The average Bonchev–Trinajstić information content (AvgIpc) is 2.65. The van der Waals surface area contributed by atoms with Crippen LogP contribution in [0.1, 0.15) is 45.2 Å². The molecule has 0 aliphatic carbocycles. The molecule has 0 unspecified atom stereocenters. The minimum absolute atomic E-state index is 0.000651. The van der Waals surface area contributed by atoms with Crippen molar-refractivity contribution >= 4 is 11.8 Å². The van der Waals surface area contributed by atoms with Crippen LogP contribution in [0.2, 0.25) is 0 Å². The molecule has 0 aliphatic rings. The fraction of sp³-hybridized carbons (Fsp3) is 0.273. The summed E-state index contributed by atoms with van der Waals surface area (Å²) in [5, 5.41) is 9.78. The molecule has 0 bridgehead atoms. The van der Waals surface area contributed by atoms with Gasteiger partial charge in [-0.05, 0) is 31.4 Å². The standard InChI is InChI=1S/C22H24O5/c1-14(2)10-11-17-19(26-3)13-16(20(22(24)25)21(17)27-4)12-18(23)15-8-6-5-7-9-15/h5-9,13H,1,10-12H2,2-4H3,(H,24,25). The van der Waals surface area contributed by atoms with Crippen molar-refractivity contribution < 1.29 is 24.2 Å². The molecule has 5 nitrogen and oxygen atoms in total. The van der Waals surface area contributed by atoms with Gasteiger partial charge in [-0.15, -0.1) is 6.58 Å². The molecule has 0 aromatic heterocycles. The zero-order chi connectivity index (χ0) is 20.0. The molecule has 27 heavy (non-hydrogen) atoms. The lowest BCUT2D eigenvalue weighted by Gasteiger charge is -2.19. The summed E-state index contributed by atoms with van der Waals surface area (Å²) in [6.07, 6.45) is 1.15. The van der Waals surface area contributed by atoms with Crippen molar-refractivity contribution in [1.29, 1.82) is 0 Å². The van der Waals surface area contributed by atoms with Crippen LogP contribution in [0.5, 0.6) is 11.5 Å². The number of carboxylic acids is 1. The molecule has 5 heteroatoms. The van der Waals surface area contributed by atoms with Crippen molar-refractivity contribution in [3.63, 3.8) is 0 Å². The number of aromatic carboxylic acids is 1. The summed E-state index contributed by atoms with van der Waals surface area (Å²) in [7, 11) is 2.94. The highest BCUT2D eigenvalue weighted by molar-refractivity contribution is 6.01. The zero-order valence-corrected chi connectivity index (χ0v) is 15.9. The van der Waals surface area contributed by atoms with Crippen molar-refractivity contribution in [2.75, 3.05) is 14.2 Å². The Morgan fingerprint density at radius 1 is 1.11 bits per heavy atom. The van der Waals surface area contributed by atoms with E-state index in [9.17, 15) is 14.7 Å². The van der Waals surface area contributed by atoms with Crippen molar-refractivity contribution in [3.05, 3.63) is 70.8 Å². The molecule has 1 N–H and O–H groups in total. The first-order valence-electron chi connectivity index (χ1n) is 8.61. The second kappa shape index (κ2) is 9.03. The maximum absolute atomic E-state index is 12.6. The van der Waals surface area contributed by atoms with Gasteiger partial charge in [0.05, 0.1) is 14.2 Å². The molecule has 0 aliphatic heterocycles. The molecule has 0 radical (unpaired) electrons. The number of hydrogen-bond donors (Lipinski definition) is 1. The molecular weight excluding hydrogens is 344 g/mol. The monoisotopic (exact) mass is 368 g/mol. The van der Waals surface area contributed by atoms with Crippen molar-refractivity contribution in [1.82, 2.24) is 0 Å². The van der Waals surface area contributed by atoms with Gasteiger partial charge in [0.2, 0.25) is 0 Å². The van der Waals surface area contributed by atoms with Crippen LogP contribution in [0.4, 0.5) is 0 Å². The summed E-state index contributed by atoms with van der Waals surface area (Å²) in [4.78, 5) is 24.6. The lowest BCUT2D eigenvalue weighted by molar-refractivity contribution is 0.0692.